The van der Waals surface area contributed by atoms with Crippen LogP contribution in [-0.4, -0.2) is 5.11 Å². The molecule has 0 aromatic heterocycles. The second-order valence-corrected chi connectivity index (χ2v) is 7.48. The van der Waals surface area contributed by atoms with Crippen LogP contribution in [0, 0.1) is 18.3 Å². The number of aliphatic hydroxyl groups excluding tert-OH is 1. The van der Waals surface area contributed by atoms with Gasteiger partial charge in [0.2, 0.25) is 0 Å². The number of benzene rings is 1. The highest BCUT2D eigenvalue weighted by molar-refractivity contribution is 5.73. The van der Waals surface area contributed by atoms with Crippen molar-refractivity contribution in [1.82, 2.24) is 0 Å². The van der Waals surface area contributed by atoms with E-state index < -0.39 is 0 Å². The summed E-state index contributed by atoms with van der Waals surface area (Å²) >= 11 is 0. The maximum absolute atomic E-state index is 10.0. The SMILES string of the molecule is C=Cc1cc2c(c(C)c1/C=C(\C)C1CC1)C1CC1(C(=C)O)C2. The van der Waals surface area contributed by atoms with E-state index in [-0.39, 0.29) is 5.41 Å². The predicted molar refractivity (Wildman–Crippen MR) is 92.9 cm³/mol. The molecule has 3 aliphatic carbocycles. The van der Waals surface area contributed by atoms with Crippen molar-refractivity contribution in [3.05, 3.63) is 58.4 Å². The van der Waals surface area contributed by atoms with Crippen molar-refractivity contribution < 1.29 is 5.11 Å². The Morgan fingerprint density at radius 1 is 1.41 bits per heavy atom. The Hall–Kier alpha value is -1.76. The smallest absolute Gasteiger partial charge is 0.0922 e. The molecule has 3 aliphatic rings. The molecule has 0 amide bonds. The van der Waals surface area contributed by atoms with Crippen LogP contribution in [0.2, 0.25) is 0 Å². The molecular formula is C21H24O. The van der Waals surface area contributed by atoms with Crippen LogP contribution in [0.5, 0.6) is 0 Å². The van der Waals surface area contributed by atoms with Gasteiger partial charge in [0.25, 0.3) is 0 Å². The first-order chi connectivity index (χ1) is 10.5. The lowest BCUT2D eigenvalue weighted by atomic mass is 9.90. The third-order valence-corrected chi connectivity index (χ3v) is 6.11. The van der Waals surface area contributed by atoms with Gasteiger partial charge in [-0.3, -0.25) is 0 Å². The molecule has 2 unspecified atom stereocenters. The molecule has 0 aliphatic heterocycles. The Bertz CT molecular complexity index is 733. The third kappa shape index (κ3) is 1.78. The third-order valence-electron chi connectivity index (χ3n) is 6.11. The van der Waals surface area contributed by atoms with Gasteiger partial charge in [-0.15, -0.1) is 0 Å². The van der Waals surface area contributed by atoms with Gasteiger partial charge >= 0.3 is 0 Å². The average molecular weight is 292 g/mol. The minimum absolute atomic E-state index is 0.0561. The normalized spacial score (nSPS) is 29.0. The van der Waals surface area contributed by atoms with Crippen LogP contribution >= 0.6 is 0 Å². The molecule has 0 bridgehead atoms. The Morgan fingerprint density at radius 3 is 2.73 bits per heavy atom. The molecule has 1 aromatic carbocycles. The Balaban J connectivity index is 1.84. The van der Waals surface area contributed by atoms with Crippen molar-refractivity contribution in [2.75, 3.05) is 0 Å². The fourth-order valence-corrected chi connectivity index (χ4v) is 4.46. The highest BCUT2D eigenvalue weighted by atomic mass is 16.3. The summed E-state index contributed by atoms with van der Waals surface area (Å²) in [6.45, 7) is 12.3. The minimum atomic E-state index is -0.0561. The van der Waals surface area contributed by atoms with Gasteiger partial charge in [0, 0.05) is 5.41 Å². The van der Waals surface area contributed by atoms with Crippen LogP contribution in [0.25, 0.3) is 12.2 Å². The van der Waals surface area contributed by atoms with Gasteiger partial charge in [-0.1, -0.05) is 36.9 Å². The lowest BCUT2D eigenvalue weighted by Crippen LogP contribution is -2.04. The van der Waals surface area contributed by atoms with Gasteiger partial charge in [0.1, 0.15) is 0 Å². The highest BCUT2D eigenvalue weighted by Gasteiger charge is 2.62. The summed E-state index contributed by atoms with van der Waals surface area (Å²) in [4.78, 5) is 0. The first kappa shape index (κ1) is 13.9. The highest BCUT2D eigenvalue weighted by Crippen LogP contribution is 2.70. The average Bonchev–Trinajstić information content (AvgIpc) is 3.38. The molecule has 2 atom stereocenters. The summed E-state index contributed by atoms with van der Waals surface area (Å²) in [6.07, 6.45) is 9.03. The lowest BCUT2D eigenvalue weighted by Gasteiger charge is -2.15. The van der Waals surface area contributed by atoms with E-state index in [1.807, 2.05) is 6.08 Å². The van der Waals surface area contributed by atoms with Gasteiger partial charge in [0.15, 0.2) is 0 Å². The standard InChI is InChI=1S/C21H24O/c1-5-15-9-17-10-21(14(4)22)11-19(21)20(17)13(3)18(15)8-12(2)16-6-7-16/h5,8-9,16,19,22H,1,4,6-7,10-11H2,2-3H3/b12-8+. The van der Waals surface area contributed by atoms with Gasteiger partial charge in [-0.2, -0.15) is 0 Å². The fourth-order valence-electron chi connectivity index (χ4n) is 4.46. The molecule has 1 nitrogen and oxygen atoms in total. The largest absolute Gasteiger partial charge is 0.512 e. The maximum atomic E-state index is 10.0. The Labute approximate surface area is 133 Å². The molecule has 114 valence electrons. The second kappa shape index (κ2) is 4.38. The van der Waals surface area contributed by atoms with E-state index in [1.54, 1.807) is 0 Å². The van der Waals surface area contributed by atoms with Crippen LogP contribution in [0.1, 0.15) is 59.9 Å². The van der Waals surface area contributed by atoms with E-state index in [2.05, 4.69) is 39.1 Å². The van der Waals surface area contributed by atoms with Gasteiger partial charge in [0.05, 0.1) is 5.76 Å². The van der Waals surface area contributed by atoms with E-state index in [0.717, 1.165) is 18.8 Å². The molecule has 22 heavy (non-hydrogen) atoms. The van der Waals surface area contributed by atoms with Gasteiger partial charge in [-0.05, 0) is 79.2 Å². The summed E-state index contributed by atoms with van der Waals surface area (Å²) in [6, 6.07) is 2.29. The molecule has 1 aromatic rings. The lowest BCUT2D eigenvalue weighted by molar-refractivity contribution is 0.318. The van der Waals surface area contributed by atoms with Gasteiger partial charge in [-0.25, -0.2) is 0 Å². The maximum Gasteiger partial charge on any atom is 0.0922 e. The quantitative estimate of drug-likeness (QED) is 0.721. The molecule has 0 saturated heterocycles. The predicted octanol–water partition coefficient (Wildman–Crippen LogP) is 5.55. The molecule has 2 fully saturated rings. The van der Waals surface area contributed by atoms with Crippen LogP contribution in [0.4, 0.5) is 0 Å². The number of hydrogen-bond acceptors (Lipinski definition) is 1. The summed E-state index contributed by atoms with van der Waals surface area (Å²) in [5.41, 5.74) is 8.26. The summed E-state index contributed by atoms with van der Waals surface area (Å²) in [5, 5.41) is 10.0. The van der Waals surface area contributed by atoms with Gasteiger partial charge < -0.3 is 5.11 Å². The zero-order chi connectivity index (χ0) is 15.6. The van der Waals surface area contributed by atoms with Crippen LogP contribution in [-0.2, 0) is 6.42 Å². The number of allylic oxidation sites excluding steroid dienone is 2. The van der Waals surface area contributed by atoms with E-state index in [1.165, 1.54) is 46.2 Å². The summed E-state index contributed by atoms with van der Waals surface area (Å²) in [5.74, 6) is 1.65. The number of rotatable bonds is 4. The Morgan fingerprint density at radius 2 is 2.14 bits per heavy atom. The van der Waals surface area contributed by atoms with Crippen LogP contribution in [0.15, 0.2) is 30.6 Å². The molecule has 0 spiro atoms. The topological polar surface area (TPSA) is 20.2 Å². The summed E-state index contributed by atoms with van der Waals surface area (Å²) < 4.78 is 0. The minimum Gasteiger partial charge on any atom is -0.512 e. The van der Waals surface area contributed by atoms with Crippen molar-refractivity contribution in [3.63, 3.8) is 0 Å². The van der Waals surface area contributed by atoms with Crippen molar-refractivity contribution >= 4 is 12.2 Å². The zero-order valence-corrected chi connectivity index (χ0v) is 13.6. The van der Waals surface area contributed by atoms with E-state index in [9.17, 15) is 5.11 Å². The van der Waals surface area contributed by atoms with E-state index >= 15 is 0 Å². The molecule has 2 saturated carbocycles. The molecule has 1 N–H and O–H groups in total. The van der Waals surface area contributed by atoms with Crippen molar-refractivity contribution in [2.45, 2.75) is 45.4 Å². The zero-order valence-electron chi connectivity index (χ0n) is 13.6. The number of hydrogen-bond donors (Lipinski definition) is 1. The monoisotopic (exact) mass is 292 g/mol. The first-order valence-corrected chi connectivity index (χ1v) is 8.33. The van der Waals surface area contributed by atoms with Crippen molar-refractivity contribution in [2.24, 2.45) is 11.3 Å². The van der Waals surface area contributed by atoms with Crippen molar-refractivity contribution in [1.29, 1.82) is 0 Å². The van der Waals surface area contributed by atoms with E-state index in [0.29, 0.717) is 11.7 Å². The molecule has 0 radical (unpaired) electrons. The van der Waals surface area contributed by atoms with Crippen LogP contribution in [0.3, 0.4) is 0 Å². The molecule has 0 heterocycles. The molecule has 1 heteroatoms. The fraction of sp³-hybridized carbons (Fsp3) is 0.429. The van der Waals surface area contributed by atoms with Crippen LogP contribution < -0.4 is 0 Å². The molecule has 4 rings (SSSR count). The molecular weight excluding hydrogens is 268 g/mol. The number of fused-ring (bicyclic) bond motifs is 3. The Kier molecular flexibility index (Phi) is 2.76. The van der Waals surface area contributed by atoms with Crippen molar-refractivity contribution in [3.8, 4) is 0 Å². The first-order valence-electron chi connectivity index (χ1n) is 8.33. The second-order valence-electron chi connectivity index (χ2n) is 7.48. The number of aliphatic hydroxyl groups is 1. The summed E-state index contributed by atoms with van der Waals surface area (Å²) in [7, 11) is 0. The van der Waals surface area contributed by atoms with E-state index in [4.69, 9.17) is 0 Å².